The molecule has 1 saturated carbocycles. The smallest absolute Gasteiger partial charge is 0.191 e. The summed E-state index contributed by atoms with van der Waals surface area (Å²) in [6.45, 7) is 6.97. The first-order valence-corrected chi connectivity index (χ1v) is 6.37. The van der Waals surface area contributed by atoms with Crippen molar-refractivity contribution in [1.29, 1.82) is 0 Å². The van der Waals surface area contributed by atoms with Gasteiger partial charge < -0.3 is 10.6 Å². The maximum Gasteiger partial charge on any atom is 0.191 e. The molecule has 19 heavy (non-hydrogen) atoms. The van der Waals surface area contributed by atoms with E-state index >= 15 is 0 Å². The summed E-state index contributed by atoms with van der Waals surface area (Å²) >= 11 is 0. The van der Waals surface area contributed by atoms with E-state index < -0.39 is 0 Å². The first-order valence-electron chi connectivity index (χ1n) is 6.37. The lowest BCUT2D eigenvalue weighted by Crippen LogP contribution is -2.39. The van der Waals surface area contributed by atoms with E-state index in [0.717, 1.165) is 11.8 Å². The van der Waals surface area contributed by atoms with Crippen LogP contribution in [0.4, 0.5) is 0 Å². The zero-order valence-electron chi connectivity index (χ0n) is 12.0. The minimum Gasteiger partial charge on any atom is -0.354 e. The van der Waals surface area contributed by atoms with Gasteiger partial charge in [0.2, 0.25) is 0 Å². The van der Waals surface area contributed by atoms with Gasteiger partial charge in [-0.15, -0.1) is 24.0 Å². The number of guanidine groups is 1. The first-order chi connectivity index (χ1) is 8.50. The molecule has 0 saturated heterocycles. The average Bonchev–Trinajstić information content (AvgIpc) is 2.97. The largest absolute Gasteiger partial charge is 0.354 e. The van der Waals surface area contributed by atoms with Gasteiger partial charge in [0.05, 0.1) is 12.1 Å². The zero-order valence-corrected chi connectivity index (χ0v) is 14.3. The Morgan fingerprint density at radius 1 is 1.47 bits per heavy atom. The van der Waals surface area contributed by atoms with E-state index in [1.54, 1.807) is 13.4 Å². The van der Waals surface area contributed by atoms with Crippen molar-refractivity contribution in [1.82, 2.24) is 25.4 Å². The molecule has 1 aliphatic carbocycles. The molecule has 0 bridgehead atoms. The van der Waals surface area contributed by atoms with Crippen molar-refractivity contribution in [3.05, 3.63) is 12.2 Å². The van der Waals surface area contributed by atoms with Gasteiger partial charge in [-0.2, -0.15) is 5.10 Å². The third-order valence-corrected chi connectivity index (χ3v) is 2.81. The SMILES string of the molecule is CN=C(NCc1ncnn1C(C)(C)C)NC1CC1.I. The Balaban J connectivity index is 0.00000180. The standard InChI is InChI=1S/C12H22N6.HI/c1-12(2,3)18-10(15-8-16-18)7-14-11(13-4)17-9-5-6-9;/h8-9H,5-7H2,1-4H3,(H2,13,14,17);1H. The van der Waals surface area contributed by atoms with Crippen LogP contribution in [-0.2, 0) is 12.1 Å². The molecule has 1 aromatic rings. The summed E-state index contributed by atoms with van der Waals surface area (Å²) < 4.78 is 1.93. The predicted octanol–water partition coefficient (Wildman–Crippen LogP) is 1.48. The van der Waals surface area contributed by atoms with E-state index in [1.165, 1.54) is 12.8 Å². The van der Waals surface area contributed by atoms with Crippen LogP contribution in [0.2, 0.25) is 0 Å². The van der Waals surface area contributed by atoms with Crippen LogP contribution in [0, 0.1) is 0 Å². The van der Waals surface area contributed by atoms with E-state index in [4.69, 9.17) is 0 Å². The van der Waals surface area contributed by atoms with Crippen molar-refractivity contribution >= 4 is 29.9 Å². The van der Waals surface area contributed by atoms with Crippen molar-refractivity contribution in [3.8, 4) is 0 Å². The lowest BCUT2D eigenvalue weighted by Gasteiger charge is -2.21. The number of rotatable bonds is 3. The Kier molecular flexibility index (Phi) is 5.57. The summed E-state index contributed by atoms with van der Waals surface area (Å²) in [5, 5.41) is 10.9. The molecule has 6 nitrogen and oxygen atoms in total. The van der Waals surface area contributed by atoms with Gasteiger partial charge in [-0.3, -0.25) is 4.99 Å². The quantitative estimate of drug-likeness (QED) is 0.475. The second-order valence-corrected chi connectivity index (χ2v) is 5.60. The van der Waals surface area contributed by atoms with Gasteiger partial charge in [0.25, 0.3) is 0 Å². The first kappa shape index (κ1) is 16.2. The van der Waals surface area contributed by atoms with E-state index in [1.807, 2.05) is 4.68 Å². The number of nitrogens with zero attached hydrogens (tertiary/aromatic N) is 4. The molecule has 7 heteroatoms. The summed E-state index contributed by atoms with van der Waals surface area (Å²) in [7, 11) is 1.78. The third-order valence-electron chi connectivity index (χ3n) is 2.81. The van der Waals surface area contributed by atoms with Crippen LogP contribution in [0.1, 0.15) is 39.4 Å². The minimum atomic E-state index is -0.0546. The van der Waals surface area contributed by atoms with Crippen LogP contribution in [0.15, 0.2) is 11.3 Å². The van der Waals surface area contributed by atoms with Crippen LogP contribution < -0.4 is 10.6 Å². The maximum atomic E-state index is 4.29. The van der Waals surface area contributed by atoms with Gasteiger partial charge in [0.1, 0.15) is 12.2 Å². The monoisotopic (exact) mass is 378 g/mol. The predicted molar refractivity (Wildman–Crippen MR) is 86.8 cm³/mol. The van der Waals surface area contributed by atoms with Crippen molar-refractivity contribution < 1.29 is 0 Å². The lowest BCUT2D eigenvalue weighted by molar-refractivity contribution is 0.340. The fraction of sp³-hybridized carbons (Fsp3) is 0.750. The second kappa shape index (κ2) is 6.53. The summed E-state index contributed by atoms with van der Waals surface area (Å²) in [6.07, 6.45) is 4.07. The van der Waals surface area contributed by atoms with Gasteiger partial charge in [0, 0.05) is 13.1 Å². The van der Waals surface area contributed by atoms with E-state index in [9.17, 15) is 0 Å². The molecule has 0 amide bonds. The Hall–Kier alpha value is -0.860. The fourth-order valence-corrected chi connectivity index (χ4v) is 1.72. The van der Waals surface area contributed by atoms with Gasteiger partial charge in [-0.05, 0) is 33.6 Å². The highest BCUT2D eigenvalue weighted by Gasteiger charge is 2.23. The second-order valence-electron chi connectivity index (χ2n) is 5.60. The number of hydrogen-bond donors (Lipinski definition) is 2. The summed E-state index contributed by atoms with van der Waals surface area (Å²) in [5.41, 5.74) is -0.0546. The van der Waals surface area contributed by atoms with Crippen molar-refractivity contribution in [2.24, 2.45) is 4.99 Å². The van der Waals surface area contributed by atoms with Gasteiger partial charge in [-0.1, -0.05) is 0 Å². The molecule has 0 atom stereocenters. The molecule has 1 fully saturated rings. The minimum absolute atomic E-state index is 0. The molecule has 2 N–H and O–H groups in total. The molecule has 1 aromatic heterocycles. The Morgan fingerprint density at radius 3 is 2.68 bits per heavy atom. The molecule has 1 heterocycles. The Labute approximate surface area is 131 Å². The van der Waals surface area contributed by atoms with Crippen LogP contribution in [0.5, 0.6) is 0 Å². The van der Waals surface area contributed by atoms with E-state index in [0.29, 0.717) is 12.6 Å². The number of aromatic nitrogens is 3. The van der Waals surface area contributed by atoms with Crippen molar-refractivity contribution in [2.75, 3.05) is 7.05 Å². The normalized spacial score (nSPS) is 15.9. The van der Waals surface area contributed by atoms with Crippen molar-refractivity contribution in [3.63, 3.8) is 0 Å². The van der Waals surface area contributed by atoms with Crippen molar-refractivity contribution in [2.45, 2.75) is 51.7 Å². The molecular weight excluding hydrogens is 355 g/mol. The Bertz CT molecular complexity index is 430. The number of nitrogens with one attached hydrogen (secondary N) is 2. The molecule has 0 aromatic carbocycles. The molecular formula is C12H23IN6. The highest BCUT2D eigenvalue weighted by Crippen LogP contribution is 2.18. The van der Waals surface area contributed by atoms with Crippen LogP contribution in [0.25, 0.3) is 0 Å². The van der Waals surface area contributed by atoms with Gasteiger partial charge >= 0.3 is 0 Å². The average molecular weight is 378 g/mol. The van der Waals surface area contributed by atoms with Crippen LogP contribution in [0.3, 0.4) is 0 Å². The molecule has 108 valence electrons. The highest BCUT2D eigenvalue weighted by molar-refractivity contribution is 14.0. The van der Waals surface area contributed by atoms with E-state index in [2.05, 4.69) is 46.5 Å². The molecule has 0 unspecified atom stereocenters. The highest BCUT2D eigenvalue weighted by atomic mass is 127. The Morgan fingerprint density at radius 2 is 2.16 bits per heavy atom. The zero-order chi connectivity index (χ0) is 13.2. The topological polar surface area (TPSA) is 67.1 Å². The van der Waals surface area contributed by atoms with Gasteiger partial charge in [0.15, 0.2) is 5.96 Å². The van der Waals surface area contributed by atoms with Crippen LogP contribution >= 0.6 is 24.0 Å². The molecule has 0 spiro atoms. The van der Waals surface area contributed by atoms with E-state index in [-0.39, 0.29) is 29.5 Å². The molecule has 1 aliphatic rings. The van der Waals surface area contributed by atoms with Crippen LogP contribution in [-0.4, -0.2) is 33.8 Å². The number of halogens is 1. The maximum absolute atomic E-state index is 4.29. The summed E-state index contributed by atoms with van der Waals surface area (Å²) in [5.74, 6) is 1.75. The molecule has 2 rings (SSSR count). The fourth-order valence-electron chi connectivity index (χ4n) is 1.72. The lowest BCUT2D eigenvalue weighted by atomic mass is 10.1. The molecule has 0 radical (unpaired) electrons. The number of hydrogen-bond acceptors (Lipinski definition) is 3. The molecule has 0 aliphatic heterocycles. The number of aliphatic imine (C=N–C) groups is 1. The van der Waals surface area contributed by atoms with Gasteiger partial charge in [-0.25, -0.2) is 9.67 Å². The summed E-state index contributed by atoms with van der Waals surface area (Å²) in [4.78, 5) is 8.49. The third kappa shape index (κ3) is 4.63. The summed E-state index contributed by atoms with van der Waals surface area (Å²) in [6, 6.07) is 0.594.